The molecule has 12 heteroatoms. The first-order valence-corrected chi connectivity index (χ1v) is 9.87. The van der Waals surface area contributed by atoms with Gasteiger partial charge in [0.25, 0.3) is 0 Å². The zero-order chi connectivity index (χ0) is 24.2. The summed E-state index contributed by atoms with van der Waals surface area (Å²) in [6.45, 7) is -0.754. The summed E-state index contributed by atoms with van der Waals surface area (Å²) < 4.78 is 10.9. The maximum atomic E-state index is 12.9. The molecule has 33 heavy (non-hydrogen) atoms. The molecule has 2 aliphatic rings. The zero-order valence-electron chi connectivity index (χ0n) is 16.8. The monoisotopic (exact) mass is 466 g/mol. The molecule has 178 valence electrons. The molecule has 2 aromatic carbocycles. The van der Waals surface area contributed by atoms with Crippen molar-refractivity contribution in [3.05, 3.63) is 41.0 Å². The Morgan fingerprint density at radius 2 is 1.52 bits per heavy atom. The molecule has 0 bridgehead atoms. The van der Waals surface area contributed by atoms with Crippen LogP contribution in [0.25, 0.3) is 0 Å². The summed E-state index contributed by atoms with van der Waals surface area (Å²) >= 11 is 0. The van der Waals surface area contributed by atoms with Gasteiger partial charge < -0.3 is 55.4 Å². The molecule has 0 aliphatic carbocycles. The topological polar surface area (TPSA) is 218 Å². The number of fused-ring (bicyclic) bond motifs is 1. The molecule has 2 heterocycles. The lowest BCUT2D eigenvalue weighted by Crippen LogP contribution is -2.55. The number of phenols is 4. The maximum Gasteiger partial charge on any atom is 0.202 e. The molecular weight excluding hydrogens is 444 g/mol. The van der Waals surface area contributed by atoms with Crippen LogP contribution in [0.15, 0.2) is 24.3 Å². The van der Waals surface area contributed by atoms with E-state index in [4.69, 9.17) is 9.47 Å². The number of carbonyl (C=O) groups is 1. The van der Waals surface area contributed by atoms with Crippen LogP contribution in [0, 0.1) is 0 Å². The van der Waals surface area contributed by atoms with E-state index in [2.05, 4.69) is 0 Å². The van der Waals surface area contributed by atoms with E-state index in [1.807, 2.05) is 0 Å². The van der Waals surface area contributed by atoms with E-state index in [1.165, 1.54) is 6.07 Å². The van der Waals surface area contributed by atoms with E-state index in [-0.39, 0.29) is 11.3 Å². The number of rotatable bonds is 3. The van der Waals surface area contributed by atoms with E-state index in [0.717, 1.165) is 18.2 Å². The van der Waals surface area contributed by atoms with Crippen molar-refractivity contribution >= 4 is 5.78 Å². The highest BCUT2D eigenvalue weighted by molar-refractivity contribution is 6.06. The first-order valence-electron chi connectivity index (χ1n) is 9.87. The van der Waals surface area contributed by atoms with Gasteiger partial charge in [0.15, 0.2) is 23.7 Å². The molecular formula is C21H22O12. The van der Waals surface area contributed by atoms with Crippen molar-refractivity contribution in [2.45, 2.75) is 42.7 Å². The number of ketones is 1. The number of ether oxygens (including phenoxy) is 2. The lowest BCUT2D eigenvalue weighted by molar-refractivity contribution is -0.232. The van der Waals surface area contributed by atoms with E-state index in [0.29, 0.717) is 0 Å². The van der Waals surface area contributed by atoms with Crippen molar-refractivity contribution in [1.29, 1.82) is 0 Å². The molecule has 9 N–H and O–H groups in total. The first-order chi connectivity index (χ1) is 15.6. The number of phenolic OH excluding ortho intramolecular Hbond substituents is 4. The minimum Gasteiger partial charge on any atom is -0.507 e. The molecule has 0 spiro atoms. The fourth-order valence-electron chi connectivity index (χ4n) is 4.05. The largest absolute Gasteiger partial charge is 0.507 e. The van der Waals surface area contributed by atoms with Gasteiger partial charge in [0, 0.05) is 6.07 Å². The lowest BCUT2D eigenvalue weighted by Gasteiger charge is -2.41. The number of hydrogen-bond acceptors (Lipinski definition) is 12. The summed E-state index contributed by atoms with van der Waals surface area (Å²) in [5, 5.41) is 90.7. The van der Waals surface area contributed by atoms with Gasteiger partial charge in [-0.15, -0.1) is 0 Å². The number of carbonyl (C=O) groups excluding carboxylic acids is 1. The van der Waals surface area contributed by atoms with Crippen LogP contribution in [0.3, 0.4) is 0 Å². The number of aromatic hydroxyl groups is 4. The molecule has 12 nitrogen and oxygen atoms in total. The van der Waals surface area contributed by atoms with Crippen LogP contribution in [-0.4, -0.2) is 88.9 Å². The second-order valence-electron chi connectivity index (χ2n) is 7.88. The Hall–Kier alpha value is -3.13. The van der Waals surface area contributed by atoms with Gasteiger partial charge in [0.2, 0.25) is 5.78 Å². The molecule has 0 aromatic heterocycles. The molecule has 1 fully saturated rings. The molecule has 0 radical (unpaired) electrons. The fraction of sp³-hybridized carbons (Fsp3) is 0.381. The van der Waals surface area contributed by atoms with Crippen molar-refractivity contribution < 1.29 is 60.2 Å². The van der Waals surface area contributed by atoms with Crippen molar-refractivity contribution in [1.82, 2.24) is 0 Å². The Bertz CT molecular complexity index is 1080. The molecule has 0 amide bonds. The minimum atomic E-state index is -1.86. The maximum absolute atomic E-state index is 12.9. The summed E-state index contributed by atoms with van der Waals surface area (Å²) in [5.41, 5.74) is -0.934. The second kappa shape index (κ2) is 8.33. The Labute approximate surface area is 185 Å². The van der Waals surface area contributed by atoms with E-state index >= 15 is 0 Å². The molecule has 2 aromatic rings. The van der Waals surface area contributed by atoms with Gasteiger partial charge in [-0.25, -0.2) is 0 Å². The van der Waals surface area contributed by atoms with Gasteiger partial charge >= 0.3 is 0 Å². The summed E-state index contributed by atoms with van der Waals surface area (Å²) in [4.78, 5) is 12.9. The first kappa shape index (κ1) is 23.0. The summed E-state index contributed by atoms with van der Waals surface area (Å²) in [7, 11) is 0. The number of Topliss-reactive ketones (excluding diaryl/α,β-unsaturated/α-hetero) is 1. The smallest absolute Gasteiger partial charge is 0.202 e. The minimum absolute atomic E-state index is 0.119. The van der Waals surface area contributed by atoms with Gasteiger partial charge in [0.1, 0.15) is 53.3 Å². The third-order valence-electron chi connectivity index (χ3n) is 5.84. The zero-order valence-corrected chi connectivity index (χ0v) is 16.8. The molecule has 7 atom stereocenters. The number of aliphatic hydroxyl groups is 5. The van der Waals surface area contributed by atoms with Crippen LogP contribution in [0.1, 0.15) is 33.7 Å². The van der Waals surface area contributed by atoms with Gasteiger partial charge in [0.05, 0.1) is 12.2 Å². The summed E-state index contributed by atoms with van der Waals surface area (Å²) in [6.07, 6.45) is -11.5. The fourth-order valence-corrected chi connectivity index (χ4v) is 4.05. The Morgan fingerprint density at radius 3 is 2.15 bits per heavy atom. The quantitative estimate of drug-likeness (QED) is 0.241. The molecule has 1 unspecified atom stereocenters. The van der Waals surface area contributed by atoms with Crippen LogP contribution in [-0.2, 0) is 4.74 Å². The highest BCUT2D eigenvalue weighted by atomic mass is 16.5. The second-order valence-corrected chi connectivity index (χ2v) is 7.88. The normalized spacial score (nSPS) is 31.7. The van der Waals surface area contributed by atoms with Crippen molar-refractivity contribution in [3.8, 4) is 28.7 Å². The van der Waals surface area contributed by atoms with E-state index in [1.54, 1.807) is 0 Å². The average Bonchev–Trinajstić information content (AvgIpc) is 2.77. The molecule has 4 rings (SSSR count). The van der Waals surface area contributed by atoms with Gasteiger partial charge in [-0.1, -0.05) is 6.07 Å². The molecule has 0 saturated carbocycles. The highest BCUT2D eigenvalue weighted by Gasteiger charge is 2.48. The van der Waals surface area contributed by atoms with E-state index < -0.39 is 89.2 Å². The Balaban J connectivity index is 1.77. The van der Waals surface area contributed by atoms with Crippen LogP contribution in [0.2, 0.25) is 0 Å². The van der Waals surface area contributed by atoms with Gasteiger partial charge in [-0.2, -0.15) is 0 Å². The summed E-state index contributed by atoms with van der Waals surface area (Å²) in [6, 6.07) is 4.42. The van der Waals surface area contributed by atoms with Crippen LogP contribution < -0.4 is 4.74 Å². The van der Waals surface area contributed by atoms with Crippen molar-refractivity contribution in [2.24, 2.45) is 0 Å². The SMILES string of the molecule is O=C1c2c(cc(O)c(C3O[C@H](CO)[C@@H](O)[C@H](O)[C@H]3O)c2O)O[C@H](c2ccc(O)c(O)c2)[C@H]1O. The Morgan fingerprint density at radius 1 is 0.818 bits per heavy atom. The van der Waals surface area contributed by atoms with Crippen LogP contribution in [0.5, 0.6) is 28.7 Å². The van der Waals surface area contributed by atoms with Crippen LogP contribution in [0.4, 0.5) is 0 Å². The average molecular weight is 466 g/mol. The highest BCUT2D eigenvalue weighted by Crippen LogP contribution is 2.49. The van der Waals surface area contributed by atoms with Gasteiger partial charge in [-0.05, 0) is 17.7 Å². The molecule has 1 saturated heterocycles. The van der Waals surface area contributed by atoms with E-state index in [9.17, 15) is 50.8 Å². The van der Waals surface area contributed by atoms with Gasteiger partial charge in [-0.3, -0.25) is 4.79 Å². The lowest BCUT2D eigenvalue weighted by atomic mass is 9.86. The van der Waals surface area contributed by atoms with Crippen molar-refractivity contribution in [3.63, 3.8) is 0 Å². The third kappa shape index (κ3) is 3.62. The van der Waals surface area contributed by atoms with Crippen LogP contribution >= 0.6 is 0 Å². The number of aliphatic hydroxyl groups excluding tert-OH is 5. The Kier molecular flexibility index (Phi) is 5.82. The predicted molar refractivity (Wildman–Crippen MR) is 106 cm³/mol. The standard InChI is InChI=1S/C21H22O12/c22-5-11-14(26)17(29)19(31)21(33-11)12-9(25)4-10-13(15(12)27)16(28)18(30)20(32-10)6-1-2-7(23)8(24)3-6/h1-4,11,14,17-27,29-31H,5H2/t11-,14-,17+,18+,19-,20-,21?/m1/s1. The number of benzene rings is 2. The number of hydrogen-bond donors (Lipinski definition) is 9. The summed E-state index contributed by atoms with van der Waals surface area (Å²) in [5.74, 6) is -3.90. The molecule has 2 aliphatic heterocycles. The predicted octanol–water partition coefficient (Wildman–Crippen LogP) is -1.30. The van der Waals surface area contributed by atoms with Crippen molar-refractivity contribution in [2.75, 3.05) is 6.61 Å². The third-order valence-corrected chi connectivity index (χ3v) is 5.84.